The molecule has 1 atom stereocenters. The van der Waals surface area contributed by atoms with E-state index in [0.717, 1.165) is 19.4 Å². The summed E-state index contributed by atoms with van der Waals surface area (Å²) in [5, 5.41) is 5.98. The van der Waals surface area contributed by atoms with Gasteiger partial charge in [0.25, 0.3) is 0 Å². The van der Waals surface area contributed by atoms with Crippen molar-refractivity contribution in [2.24, 2.45) is 5.92 Å². The molecule has 1 heterocycles. The van der Waals surface area contributed by atoms with Gasteiger partial charge in [0.05, 0.1) is 0 Å². The molecule has 0 aromatic heterocycles. The van der Waals surface area contributed by atoms with Gasteiger partial charge in [-0.05, 0) is 19.8 Å². The minimum Gasteiger partial charge on any atom is -0.355 e. The van der Waals surface area contributed by atoms with Crippen LogP contribution in [-0.2, 0) is 9.59 Å². The number of carbonyl (C=O) groups is 2. The maximum atomic E-state index is 12.4. The minimum atomic E-state index is -0.355. The second-order valence-corrected chi connectivity index (χ2v) is 4.79. The van der Waals surface area contributed by atoms with Crippen LogP contribution in [-0.4, -0.2) is 48.9 Å². The molecule has 0 aromatic rings. The van der Waals surface area contributed by atoms with E-state index in [0.29, 0.717) is 19.6 Å². The van der Waals surface area contributed by atoms with Crippen LogP contribution in [0, 0.1) is 5.92 Å². The van der Waals surface area contributed by atoms with Crippen LogP contribution in [0.15, 0.2) is 12.2 Å². The monoisotopic (exact) mass is 251 g/mol. The van der Waals surface area contributed by atoms with Crippen LogP contribution in [0.25, 0.3) is 0 Å². The van der Waals surface area contributed by atoms with Crippen molar-refractivity contribution in [3.63, 3.8) is 0 Å². The molecule has 1 saturated heterocycles. The van der Waals surface area contributed by atoms with Crippen molar-refractivity contribution in [1.82, 2.24) is 15.5 Å². The topological polar surface area (TPSA) is 61.4 Å². The Kier molecular flexibility index (Phi) is 4.36. The summed E-state index contributed by atoms with van der Waals surface area (Å²) in [5.41, 5.74) is 0. The van der Waals surface area contributed by atoms with Crippen molar-refractivity contribution in [3.05, 3.63) is 12.2 Å². The number of hydrogen-bond donors (Lipinski definition) is 2. The number of nitrogens with zero attached hydrogens (tertiary/aromatic N) is 1. The van der Waals surface area contributed by atoms with Crippen LogP contribution in [0.2, 0.25) is 0 Å². The molecule has 18 heavy (non-hydrogen) atoms. The number of likely N-dealkylation sites (N-methyl/N-ethyl adjacent to an activating group) is 1. The van der Waals surface area contributed by atoms with Crippen LogP contribution in [0.5, 0.6) is 0 Å². The molecule has 1 unspecified atom stereocenters. The van der Waals surface area contributed by atoms with E-state index in [2.05, 4.69) is 10.6 Å². The van der Waals surface area contributed by atoms with Gasteiger partial charge in [-0.25, -0.2) is 0 Å². The van der Waals surface area contributed by atoms with Crippen LogP contribution in [0.4, 0.5) is 0 Å². The van der Waals surface area contributed by atoms with Gasteiger partial charge in [-0.1, -0.05) is 12.2 Å². The van der Waals surface area contributed by atoms with Gasteiger partial charge in [0.15, 0.2) is 0 Å². The van der Waals surface area contributed by atoms with Crippen LogP contribution >= 0.6 is 0 Å². The predicted molar refractivity (Wildman–Crippen MR) is 68.9 cm³/mol. The van der Waals surface area contributed by atoms with E-state index in [1.165, 1.54) is 0 Å². The molecule has 0 aromatic carbocycles. The smallest absolute Gasteiger partial charge is 0.244 e. The van der Waals surface area contributed by atoms with Gasteiger partial charge in [0.2, 0.25) is 11.8 Å². The zero-order chi connectivity index (χ0) is 13.0. The van der Waals surface area contributed by atoms with Crippen LogP contribution in [0.1, 0.15) is 19.8 Å². The number of piperazine rings is 1. The molecule has 1 fully saturated rings. The molecule has 0 saturated carbocycles. The number of amides is 2. The molecule has 0 spiro atoms. The molecule has 2 N–H and O–H groups in total. The first-order valence-corrected chi connectivity index (χ1v) is 6.68. The lowest BCUT2D eigenvalue weighted by molar-refractivity contribution is -0.144. The van der Waals surface area contributed by atoms with E-state index >= 15 is 0 Å². The predicted octanol–water partition coefficient (Wildman–Crippen LogP) is -0.111. The number of nitrogens with one attached hydrogen (secondary N) is 2. The fraction of sp³-hybridized carbons (Fsp3) is 0.692. The van der Waals surface area contributed by atoms with Gasteiger partial charge in [-0.15, -0.1) is 0 Å². The molecule has 2 aliphatic rings. The Bertz CT molecular complexity index is 346. The summed E-state index contributed by atoms with van der Waals surface area (Å²) < 4.78 is 0. The second kappa shape index (κ2) is 6.00. The summed E-state index contributed by atoms with van der Waals surface area (Å²) in [5.74, 6) is 0.113. The fourth-order valence-electron chi connectivity index (χ4n) is 2.55. The van der Waals surface area contributed by atoms with E-state index in [9.17, 15) is 9.59 Å². The number of carbonyl (C=O) groups excluding carboxylic acids is 2. The summed E-state index contributed by atoms with van der Waals surface area (Å²) in [7, 11) is 0. The van der Waals surface area contributed by atoms with E-state index in [-0.39, 0.29) is 23.8 Å². The van der Waals surface area contributed by atoms with E-state index in [1.54, 1.807) is 4.90 Å². The molecule has 2 amide bonds. The highest BCUT2D eigenvalue weighted by molar-refractivity contribution is 5.89. The Labute approximate surface area is 108 Å². The molecule has 0 radical (unpaired) electrons. The first kappa shape index (κ1) is 13.1. The Hall–Kier alpha value is -1.36. The molecule has 5 heteroatoms. The summed E-state index contributed by atoms with van der Waals surface area (Å²) in [6, 6.07) is -0.355. The largest absolute Gasteiger partial charge is 0.355 e. The molecule has 5 nitrogen and oxygen atoms in total. The summed E-state index contributed by atoms with van der Waals surface area (Å²) in [6.07, 6.45) is 5.72. The van der Waals surface area contributed by atoms with Crippen molar-refractivity contribution in [2.75, 3.05) is 26.2 Å². The highest BCUT2D eigenvalue weighted by atomic mass is 16.2. The molecule has 1 aliphatic carbocycles. The fourth-order valence-corrected chi connectivity index (χ4v) is 2.55. The maximum absolute atomic E-state index is 12.4. The molecule has 2 rings (SSSR count). The van der Waals surface area contributed by atoms with Gasteiger partial charge >= 0.3 is 0 Å². The summed E-state index contributed by atoms with van der Waals surface area (Å²) in [6.45, 7) is 4.43. The third-order valence-corrected chi connectivity index (χ3v) is 3.54. The van der Waals surface area contributed by atoms with Crippen LogP contribution in [0.3, 0.4) is 0 Å². The average molecular weight is 251 g/mol. The van der Waals surface area contributed by atoms with Gasteiger partial charge in [0.1, 0.15) is 6.04 Å². The summed E-state index contributed by atoms with van der Waals surface area (Å²) >= 11 is 0. The molecule has 1 aliphatic heterocycles. The third-order valence-electron chi connectivity index (χ3n) is 3.54. The average Bonchev–Trinajstić information content (AvgIpc) is 2.92. The summed E-state index contributed by atoms with van der Waals surface area (Å²) in [4.78, 5) is 26.1. The quantitative estimate of drug-likeness (QED) is 0.688. The molecule has 0 bridgehead atoms. The highest BCUT2D eigenvalue weighted by Gasteiger charge is 2.35. The number of hydrogen-bond acceptors (Lipinski definition) is 3. The van der Waals surface area contributed by atoms with Crippen molar-refractivity contribution in [2.45, 2.75) is 25.8 Å². The lowest BCUT2D eigenvalue weighted by atomic mass is 10.0. The van der Waals surface area contributed by atoms with Gasteiger partial charge in [0, 0.05) is 32.1 Å². The van der Waals surface area contributed by atoms with Crippen molar-refractivity contribution >= 4 is 11.8 Å². The normalized spacial score (nSPS) is 24.3. The molecular formula is C13H21N3O2. The van der Waals surface area contributed by atoms with Crippen LogP contribution < -0.4 is 10.6 Å². The lowest BCUT2D eigenvalue weighted by Gasteiger charge is -2.36. The Morgan fingerprint density at radius 2 is 2.11 bits per heavy atom. The second-order valence-electron chi connectivity index (χ2n) is 4.79. The zero-order valence-electron chi connectivity index (χ0n) is 10.8. The van der Waals surface area contributed by atoms with Gasteiger partial charge in [-0.2, -0.15) is 0 Å². The van der Waals surface area contributed by atoms with Crippen molar-refractivity contribution in [1.29, 1.82) is 0 Å². The third kappa shape index (κ3) is 2.72. The Morgan fingerprint density at radius 3 is 2.78 bits per heavy atom. The Balaban J connectivity index is 2.02. The minimum absolute atomic E-state index is 0.0417. The molecule has 100 valence electrons. The van der Waals surface area contributed by atoms with Gasteiger partial charge < -0.3 is 15.5 Å². The Morgan fingerprint density at radius 1 is 1.39 bits per heavy atom. The first-order chi connectivity index (χ1) is 8.74. The maximum Gasteiger partial charge on any atom is 0.244 e. The number of rotatable bonds is 3. The standard InChI is InChI=1S/C13H21N3O2/c1-2-15-12(17)11-9-14-7-8-16(11)13(18)10-5-3-4-6-10/h3-4,10-11,14H,2,5-9H2,1H3,(H,15,17). The first-order valence-electron chi connectivity index (χ1n) is 6.68. The van der Waals surface area contributed by atoms with Gasteiger partial charge in [-0.3, -0.25) is 9.59 Å². The van der Waals surface area contributed by atoms with E-state index < -0.39 is 0 Å². The zero-order valence-corrected chi connectivity index (χ0v) is 10.8. The van der Waals surface area contributed by atoms with Crippen molar-refractivity contribution < 1.29 is 9.59 Å². The highest BCUT2D eigenvalue weighted by Crippen LogP contribution is 2.22. The van der Waals surface area contributed by atoms with Crippen molar-refractivity contribution in [3.8, 4) is 0 Å². The van der Waals surface area contributed by atoms with E-state index in [4.69, 9.17) is 0 Å². The lowest BCUT2D eigenvalue weighted by Crippen LogP contribution is -2.60. The van der Waals surface area contributed by atoms with E-state index in [1.807, 2.05) is 19.1 Å². The SMILES string of the molecule is CCNC(=O)C1CNCCN1C(=O)C1CC=CC1. The number of allylic oxidation sites excluding steroid dienone is 2. The molecular weight excluding hydrogens is 230 g/mol.